The first-order valence-corrected chi connectivity index (χ1v) is 12.6. The van der Waals surface area contributed by atoms with Gasteiger partial charge in [0, 0.05) is 24.5 Å². The lowest BCUT2D eigenvalue weighted by molar-refractivity contribution is -0.136. The fourth-order valence-corrected chi connectivity index (χ4v) is 5.93. The summed E-state index contributed by atoms with van der Waals surface area (Å²) in [5.41, 5.74) is 1.17. The third-order valence-corrected chi connectivity index (χ3v) is 7.84. The van der Waals surface area contributed by atoms with Crippen LogP contribution in [0.25, 0.3) is 10.9 Å². The Morgan fingerprint density at radius 3 is 2.44 bits per heavy atom. The van der Waals surface area contributed by atoms with Crippen molar-refractivity contribution >= 4 is 26.9 Å². The second kappa shape index (κ2) is 9.27. The molecule has 0 saturated carbocycles. The van der Waals surface area contributed by atoms with E-state index in [2.05, 4.69) is 5.10 Å². The Bertz CT molecular complexity index is 1300. The largest absolute Gasteiger partial charge is 0.497 e. The second-order valence-electron chi connectivity index (χ2n) is 8.85. The standard InChI is InChI=1S/C24H29N3O6S/c1-15(2)33-17-5-8-19(9-6-17)34(30,31)26-13-16(3)23(14-26)27-22-11-18(32-4)7-10-20(22)21(25-27)12-24(28)29/h5-11,15-16,23H,12-14H2,1-4H3,(H,28,29)/t16-,23+/m1/s1. The molecule has 0 unspecified atom stereocenters. The molecule has 34 heavy (non-hydrogen) atoms. The fourth-order valence-electron chi connectivity index (χ4n) is 4.37. The average Bonchev–Trinajstić information content (AvgIpc) is 3.33. The first-order valence-electron chi connectivity index (χ1n) is 11.1. The van der Waals surface area contributed by atoms with E-state index in [0.29, 0.717) is 23.7 Å². The number of rotatable bonds is 8. The molecule has 1 saturated heterocycles. The van der Waals surface area contributed by atoms with Gasteiger partial charge in [-0.1, -0.05) is 6.92 Å². The van der Waals surface area contributed by atoms with E-state index in [1.807, 2.05) is 26.8 Å². The average molecular weight is 488 g/mol. The number of carboxylic acid groups (broad SMARTS) is 1. The summed E-state index contributed by atoms with van der Waals surface area (Å²) in [5, 5.41) is 14.7. The molecule has 3 aromatic rings. The van der Waals surface area contributed by atoms with Crippen molar-refractivity contribution in [1.29, 1.82) is 0 Å². The van der Waals surface area contributed by atoms with Crippen LogP contribution in [0.1, 0.15) is 32.5 Å². The molecule has 2 atom stereocenters. The molecular formula is C24H29N3O6S. The molecule has 0 aliphatic carbocycles. The molecule has 2 heterocycles. The molecule has 2 aromatic carbocycles. The highest BCUT2D eigenvalue weighted by Gasteiger charge is 2.39. The lowest BCUT2D eigenvalue weighted by Gasteiger charge is -2.18. The Balaban J connectivity index is 1.66. The van der Waals surface area contributed by atoms with Crippen LogP contribution in [0, 0.1) is 5.92 Å². The van der Waals surface area contributed by atoms with Gasteiger partial charge in [-0.15, -0.1) is 0 Å². The minimum atomic E-state index is -3.72. The van der Waals surface area contributed by atoms with Crippen LogP contribution in [-0.2, 0) is 21.2 Å². The van der Waals surface area contributed by atoms with Gasteiger partial charge in [-0.05, 0) is 56.2 Å². The van der Waals surface area contributed by atoms with E-state index >= 15 is 0 Å². The summed E-state index contributed by atoms with van der Waals surface area (Å²) in [5.74, 6) is 0.222. The lowest BCUT2D eigenvalue weighted by atomic mass is 10.1. The van der Waals surface area contributed by atoms with Gasteiger partial charge >= 0.3 is 5.97 Å². The van der Waals surface area contributed by atoms with Crippen molar-refractivity contribution in [1.82, 2.24) is 14.1 Å². The molecule has 182 valence electrons. The second-order valence-corrected chi connectivity index (χ2v) is 10.8. The van der Waals surface area contributed by atoms with Crippen LogP contribution in [0.2, 0.25) is 0 Å². The third-order valence-electron chi connectivity index (χ3n) is 6.00. The molecule has 1 aliphatic rings. The molecule has 0 spiro atoms. The number of carbonyl (C=O) groups is 1. The molecular weight excluding hydrogens is 458 g/mol. The van der Waals surface area contributed by atoms with E-state index in [4.69, 9.17) is 9.47 Å². The van der Waals surface area contributed by atoms with Crippen LogP contribution in [0.15, 0.2) is 47.4 Å². The molecule has 1 aliphatic heterocycles. The van der Waals surface area contributed by atoms with Crippen molar-refractivity contribution in [3.8, 4) is 11.5 Å². The Morgan fingerprint density at radius 1 is 1.15 bits per heavy atom. The topological polar surface area (TPSA) is 111 Å². The number of nitrogens with zero attached hydrogens (tertiary/aromatic N) is 3. The zero-order chi connectivity index (χ0) is 24.6. The molecule has 1 aromatic heterocycles. The van der Waals surface area contributed by atoms with Crippen LogP contribution < -0.4 is 9.47 Å². The highest BCUT2D eigenvalue weighted by Crippen LogP contribution is 2.35. The Morgan fingerprint density at radius 2 is 1.82 bits per heavy atom. The summed E-state index contributed by atoms with van der Waals surface area (Å²) in [6.07, 6.45) is -0.222. The number of aliphatic carboxylic acids is 1. The number of carboxylic acids is 1. The maximum atomic E-state index is 13.4. The minimum absolute atomic E-state index is 0.00353. The van der Waals surface area contributed by atoms with Gasteiger partial charge in [0.15, 0.2) is 0 Å². The Hall–Kier alpha value is -3.11. The van der Waals surface area contributed by atoms with Crippen molar-refractivity contribution in [3.63, 3.8) is 0 Å². The van der Waals surface area contributed by atoms with Gasteiger partial charge in [0.25, 0.3) is 0 Å². The van der Waals surface area contributed by atoms with E-state index in [1.165, 1.54) is 4.31 Å². The molecule has 1 N–H and O–H groups in total. The predicted octanol–water partition coefficient (Wildman–Crippen LogP) is 3.34. The fraction of sp³-hybridized carbons (Fsp3) is 0.417. The van der Waals surface area contributed by atoms with Crippen LogP contribution in [0.5, 0.6) is 11.5 Å². The Kier molecular flexibility index (Phi) is 6.55. The van der Waals surface area contributed by atoms with Gasteiger partial charge in [-0.3, -0.25) is 9.48 Å². The van der Waals surface area contributed by atoms with Gasteiger partial charge in [0.2, 0.25) is 10.0 Å². The number of aromatic nitrogens is 2. The minimum Gasteiger partial charge on any atom is -0.497 e. The SMILES string of the molecule is COc1ccc2c(CC(=O)O)nn([C@H]3CN(S(=O)(=O)c4ccc(OC(C)C)cc4)C[C@H]3C)c2c1. The van der Waals surface area contributed by atoms with Crippen LogP contribution >= 0.6 is 0 Å². The summed E-state index contributed by atoms with van der Waals surface area (Å²) in [4.78, 5) is 11.6. The Labute approximate surface area is 198 Å². The van der Waals surface area contributed by atoms with E-state index in [-0.39, 0.29) is 35.9 Å². The highest BCUT2D eigenvalue weighted by molar-refractivity contribution is 7.89. The zero-order valence-electron chi connectivity index (χ0n) is 19.6. The van der Waals surface area contributed by atoms with Crippen LogP contribution in [-0.4, -0.2) is 59.9 Å². The zero-order valence-corrected chi connectivity index (χ0v) is 20.4. The molecule has 0 radical (unpaired) electrons. The maximum Gasteiger partial charge on any atom is 0.309 e. The van der Waals surface area contributed by atoms with Gasteiger partial charge in [-0.25, -0.2) is 8.42 Å². The molecule has 10 heteroatoms. The third kappa shape index (κ3) is 4.60. The van der Waals surface area contributed by atoms with E-state index in [1.54, 1.807) is 48.2 Å². The number of ether oxygens (including phenoxy) is 2. The first-order chi connectivity index (χ1) is 16.1. The molecule has 0 amide bonds. The number of hydrogen-bond acceptors (Lipinski definition) is 6. The molecule has 0 bridgehead atoms. The highest BCUT2D eigenvalue weighted by atomic mass is 32.2. The van der Waals surface area contributed by atoms with Gasteiger partial charge in [-0.2, -0.15) is 9.40 Å². The lowest BCUT2D eigenvalue weighted by Crippen LogP contribution is -2.29. The predicted molar refractivity (Wildman–Crippen MR) is 127 cm³/mol. The first kappa shape index (κ1) is 24.0. The number of methoxy groups -OCH3 is 1. The number of fused-ring (bicyclic) bond motifs is 1. The van der Waals surface area contributed by atoms with E-state index in [9.17, 15) is 18.3 Å². The molecule has 1 fully saturated rings. The van der Waals surface area contributed by atoms with Crippen LogP contribution in [0.3, 0.4) is 0 Å². The van der Waals surface area contributed by atoms with Gasteiger partial charge < -0.3 is 14.6 Å². The van der Waals surface area contributed by atoms with Crippen molar-refractivity contribution < 1.29 is 27.8 Å². The molecule has 4 rings (SSSR count). The molecule has 9 nitrogen and oxygen atoms in total. The van der Waals surface area contributed by atoms with Crippen molar-refractivity contribution in [2.45, 2.75) is 44.2 Å². The van der Waals surface area contributed by atoms with Crippen LogP contribution in [0.4, 0.5) is 0 Å². The maximum absolute atomic E-state index is 13.4. The van der Waals surface area contributed by atoms with Crippen molar-refractivity contribution in [3.05, 3.63) is 48.2 Å². The number of benzene rings is 2. The smallest absolute Gasteiger partial charge is 0.309 e. The monoisotopic (exact) mass is 487 g/mol. The summed E-state index contributed by atoms with van der Waals surface area (Å²) in [6, 6.07) is 11.6. The normalized spacial score (nSPS) is 19.1. The number of sulfonamides is 1. The van der Waals surface area contributed by atoms with Gasteiger partial charge in [0.1, 0.15) is 11.5 Å². The quantitative estimate of drug-likeness (QED) is 0.519. The summed E-state index contributed by atoms with van der Waals surface area (Å²) in [6.45, 7) is 6.36. The van der Waals surface area contributed by atoms with E-state index in [0.717, 1.165) is 10.9 Å². The van der Waals surface area contributed by atoms with E-state index < -0.39 is 16.0 Å². The van der Waals surface area contributed by atoms with Crippen molar-refractivity contribution in [2.24, 2.45) is 5.92 Å². The van der Waals surface area contributed by atoms with Gasteiger partial charge in [0.05, 0.1) is 41.8 Å². The summed E-state index contributed by atoms with van der Waals surface area (Å²) < 4.78 is 40.9. The summed E-state index contributed by atoms with van der Waals surface area (Å²) >= 11 is 0. The van der Waals surface area contributed by atoms with Crippen molar-refractivity contribution in [2.75, 3.05) is 20.2 Å². The number of hydrogen-bond donors (Lipinski definition) is 1. The summed E-state index contributed by atoms with van der Waals surface area (Å²) in [7, 11) is -2.16.